The lowest BCUT2D eigenvalue weighted by Crippen LogP contribution is -2.30. The van der Waals surface area contributed by atoms with Crippen LogP contribution in [0.1, 0.15) is 34.8 Å². The minimum Gasteiger partial charge on any atom is -0.449 e. The van der Waals surface area contributed by atoms with Crippen molar-refractivity contribution in [2.24, 2.45) is 5.14 Å². The number of esters is 1. The van der Waals surface area contributed by atoms with Crippen LogP contribution in [-0.4, -0.2) is 26.4 Å². The number of rotatable bonds is 5. The molecule has 0 radical (unpaired) electrons. The van der Waals surface area contributed by atoms with Gasteiger partial charge in [0.15, 0.2) is 6.10 Å². The molecule has 1 aliphatic rings. The van der Waals surface area contributed by atoms with Gasteiger partial charge in [-0.15, -0.1) is 0 Å². The molecule has 3 N–H and O–H groups in total. The first-order valence-corrected chi connectivity index (χ1v) is 10.1. The fraction of sp³-hybridized carbons (Fsp3) is 0.263. The van der Waals surface area contributed by atoms with Crippen molar-refractivity contribution in [2.45, 2.75) is 37.2 Å². The Kier molecular flexibility index (Phi) is 5.29. The Morgan fingerprint density at radius 1 is 1.07 bits per heavy atom. The van der Waals surface area contributed by atoms with Crippen molar-refractivity contribution in [3.8, 4) is 0 Å². The van der Waals surface area contributed by atoms with Crippen molar-refractivity contribution in [2.75, 3.05) is 5.32 Å². The molecule has 0 saturated heterocycles. The molecule has 0 heterocycles. The molecule has 0 unspecified atom stereocenters. The fourth-order valence-electron chi connectivity index (χ4n) is 2.95. The van der Waals surface area contributed by atoms with Gasteiger partial charge >= 0.3 is 5.97 Å². The Bertz CT molecular complexity index is 984. The van der Waals surface area contributed by atoms with E-state index in [1.807, 2.05) is 12.1 Å². The predicted molar refractivity (Wildman–Crippen MR) is 99.8 cm³/mol. The molecule has 0 aliphatic heterocycles. The van der Waals surface area contributed by atoms with Crippen LogP contribution in [-0.2, 0) is 32.4 Å². The summed E-state index contributed by atoms with van der Waals surface area (Å²) in [4.78, 5) is 24.4. The quantitative estimate of drug-likeness (QED) is 0.760. The van der Waals surface area contributed by atoms with Crippen molar-refractivity contribution in [3.05, 3.63) is 59.2 Å². The molecule has 142 valence electrons. The first-order chi connectivity index (χ1) is 12.7. The minimum atomic E-state index is -3.80. The van der Waals surface area contributed by atoms with E-state index in [1.54, 1.807) is 6.07 Å². The molecular weight excluding hydrogens is 368 g/mol. The summed E-state index contributed by atoms with van der Waals surface area (Å²) in [6, 6.07) is 10.8. The maximum Gasteiger partial charge on any atom is 0.338 e. The van der Waals surface area contributed by atoms with Crippen LogP contribution in [0.15, 0.2) is 47.4 Å². The van der Waals surface area contributed by atoms with Gasteiger partial charge < -0.3 is 10.1 Å². The standard InChI is InChI=1S/C19H20N2O5S/c1-12(18(22)21-16-7-9-17(10-8-16)27(20,24)25)26-19(23)15-6-5-13-3-2-4-14(13)11-15/h5-12H,2-4H2,1H3,(H,21,22)(H2,20,24,25)/t12-/m1/s1. The molecule has 2 aromatic carbocycles. The average molecular weight is 388 g/mol. The van der Waals surface area contributed by atoms with Gasteiger partial charge in [0.1, 0.15) is 0 Å². The molecular formula is C19H20N2O5S. The molecule has 1 amide bonds. The van der Waals surface area contributed by atoms with Crippen LogP contribution < -0.4 is 10.5 Å². The number of benzene rings is 2. The van der Waals surface area contributed by atoms with E-state index < -0.39 is 28.0 Å². The van der Waals surface area contributed by atoms with Gasteiger partial charge in [0, 0.05) is 5.69 Å². The van der Waals surface area contributed by atoms with Crippen LogP contribution in [0.3, 0.4) is 0 Å². The summed E-state index contributed by atoms with van der Waals surface area (Å²) in [5, 5.41) is 7.59. The summed E-state index contributed by atoms with van der Waals surface area (Å²) in [6.45, 7) is 1.47. The summed E-state index contributed by atoms with van der Waals surface area (Å²) in [5.41, 5.74) is 3.19. The lowest BCUT2D eigenvalue weighted by molar-refractivity contribution is -0.123. The topological polar surface area (TPSA) is 116 Å². The molecule has 2 aromatic rings. The number of nitrogens with one attached hydrogen (secondary N) is 1. The number of ether oxygens (including phenoxy) is 1. The number of sulfonamides is 1. The van der Waals surface area contributed by atoms with Gasteiger partial charge in [0.05, 0.1) is 10.5 Å². The van der Waals surface area contributed by atoms with Crippen LogP contribution in [0.25, 0.3) is 0 Å². The average Bonchev–Trinajstić information content (AvgIpc) is 3.09. The summed E-state index contributed by atoms with van der Waals surface area (Å²) in [6.07, 6.45) is 2.04. The Morgan fingerprint density at radius 2 is 1.74 bits per heavy atom. The number of anilines is 1. The first-order valence-electron chi connectivity index (χ1n) is 8.50. The monoisotopic (exact) mass is 388 g/mol. The molecule has 0 fully saturated rings. The van der Waals surface area contributed by atoms with Crippen molar-refractivity contribution in [1.29, 1.82) is 0 Å². The second kappa shape index (κ2) is 7.50. The van der Waals surface area contributed by atoms with Gasteiger partial charge in [0.25, 0.3) is 5.91 Å². The molecule has 0 spiro atoms. The number of carbonyl (C=O) groups excluding carboxylic acids is 2. The SMILES string of the molecule is C[C@@H](OC(=O)c1ccc2c(c1)CCC2)C(=O)Nc1ccc(S(N)(=O)=O)cc1. The van der Waals surface area contributed by atoms with Crippen molar-refractivity contribution < 1.29 is 22.7 Å². The van der Waals surface area contributed by atoms with Gasteiger partial charge in [-0.25, -0.2) is 18.4 Å². The second-order valence-corrected chi connectivity index (χ2v) is 8.00. The Balaban J connectivity index is 1.61. The van der Waals surface area contributed by atoms with Crippen LogP contribution >= 0.6 is 0 Å². The zero-order chi connectivity index (χ0) is 19.6. The lowest BCUT2D eigenvalue weighted by atomic mass is 10.1. The molecule has 0 aromatic heterocycles. The van der Waals surface area contributed by atoms with Crippen LogP contribution in [0, 0.1) is 0 Å². The minimum absolute atomic E-state index is 0.0587. The smallest absolute Gasteiger partial charge is 0.338 e. The molecule has 27 heavy (non-hydrogen) atoms. The van der Waals surface area contributed by atoms with E-state index in [9.17, 15) is 18.0 Å². The number of nitrogens with two attached hydrogens (primary N) is 1. The Hall–Kier alpha value is -2.71. The number of fused-ring (bicyclic) bond motifs is 1. The molecule has 7 nitrogen and oxygen atoms in total. The highest BCUT2D eigenvalue weighted by Crippen LogP contribution is 2.23. The number of hydrogen-bond acceptors (Lipinski definition) is 5. The second-order valence-electron chi connectivity index (χ2n) is 6.44. The van der Waals surface area contributed by atoms with Gasteiger partial charge in [-0.3, -0.25) is 4.79 Å². The highest BCUT2D eigenvalue weighted by atomic mass is 32.2. The largest absolute Gasteiger partial charge is 0.449 e. The number of primary sulfonamides is 1. The van der Waals surface area contributed by atoms with Crippen molar-refractivity contribution >= 4 is 27.6 Å². The van der Waals surface area contributed by atoms with Crippen LogP contribution in [0.2, 0.25) is 0 Å². The first kappa shape index (κ1) is 19.1. The van der Waals surface area contributed by atoms with E-state index >= 15 is 0 Å². The summed E-state index contributed by atoms with van der Waals surface area (Å²) < 4.78 is 27.7. The van der Waals surface area contributed by atoms with E-state index in [-0.39, 0.29) is 4.90 Å². The number of amides is 1. The van der Waals surface area contributed by atoms with E-state index in [2.05, 4.69) is 5.32 Å². The van der Waals surface area contributed by atoms with Crippen molar-refractivity contribution in [3.63, 3.8) is 0 Å². The van der Waals surface area contributed by atoms with Crippen LogP contribution in [0.5, 0.6) is 0 Å². The van der Waals surface area contributed by atoms with Gasteiger partial charge in [-0.1, -0.05) is 6.07 Å². The van der Waals surface area contributed by atoms with Gasteiger partial charge in [-0.05, 0) is 73.7 Å². The fourth-order valence-corrected chi connectivity index (χ4v) is 3.47. The van der Waals surface area contributed by atoms with E-state index in [0.717, 1.165) is 24.8 Å². The van der Waals surface area contributed by atoms with Gasteiger partial charge in [0.2, 0.25) is 10.0 Å². The van der Waals surface area contributed by atoms with Gasteiger partial charge in [-0.2, -0.15) is 0 Å². The number of carbonyl (C=O) groups is 2. The number of aryl methyl sites for hydroxylation is 2. The third kappa shape index (κ3) is 4.53. The summed E-state index contributed by atoms with van der Waals surface area (Å²) >= 11 is 0. The van der Waals surface area contributed by atoms with E-state index in [4.69, 9.17) is 9.88 Å². The van der Waals surface area contributed by atoms with E-state index in [1.165, 1.54) is 36.8 Å². The molecule has 3 rings (SSSR count). The zero-order valence-electron chi connectivity index (χ0n) is 14.8. The third-order valence-electron chi connectivity index (χ3n) is 4.44. The highest BCUT2D eigenvalue weighted by Gasteiger charge is 2.21. The zero-order valence-corrected chi connectivity index (χ0v) is 15.6. The maximum absolute atomic E-state index is 12.3. The van der Waals surface area contributed by atoms with E-state index in [0.29, 0.717) is 11.3 Å². The molecule has 1 atom stereocenters. The number of hydrogen-bond donors (Lipinski definition) is 2. The molecule has 8 heteroatoms. The lowest BCUT2D eigenvalue weighted by Gasteiger charge is -2.14. The Morgan fingerprint density at radius 3 is 2.41 bits per heavy atom. The maximum atomic E-state index is 12.3. The predicted octanol–water partition coefficient (Wildman–Crippen LogP) is 2.01. The highest BCUT2D eigenvalue weighted by molar-refractivity contribution is 7.89. The third-order valence-corrected chi connectivity index (χ3v) is 5.37. The summed E-state index contributed by atoms with van der Waals surface area (Å²) in [7, 11) is -3.80. The molecule has 1 aliphatic carbocycles. The Labute approximate surface area is 157 Å². The molecule has 0 saturated carbocycles. The van der Waals surface area contributed by atoms with Crippen LogP contribution in [0.4, 0.5) is 5.69 Å². The van der Waals surface area contributed by atoms with Crippen molar-refractivity contribution in [1.82, 2.24) is 0 Å². The normalized spacial score (nSPS) is 14.3. The summed E-state index contributed by atoms with van der Waals surface area (Å²) in [5.74, 6) is -1.08. The molecule has 0 bridgehead atoms.